The molecular formula is C22H32N2O5. The second kappa shape index (κ2) is 11.4. The Labute approximate surface area is 172 Å². The van der Waals surface area contributed by atoms with Crippen molar-refractivity contribution in [2.24, 2.45) is 5.92 Å². The molecule has 2 N–H and O–H groups in total. The molecule has 1 aliphatic rings. The van der Waals surface area contributed by atoms with Crippen molar-refractivity contribution in [1.29, 1.82) is 0 Å². The number of anilines is 1. The lowest BCUT2D eigenvalue weighted by molar-refractivity contribution is -0.147. The number of carboxylic acids is 1. The quantitative estimate of drug-likeness (QED) is 0.457. The number of amides is 2. The molecule has 0 aliphatic carbocycles. The van der Waals surface area contributed by atoms with Crippen LogP contribution in [0.2, 0.25) is 0 Å². The van der Waals surface area contributed by atoms with E-state index in [0.29, 0.717) is 19.4 Å². The molecule has 0 spiro atoms. The van der Waals surface area contributed by atoms with Gasteiger partial charge in [0, 0.05) is 12.2 Å². The van der Waals surface area contributed by atoms with Crippen molar-refractivity contribution in [3.8, 4) is 0 Å². The summed E-state index contributed by atoms with van der Waals surface area (Å²) in [7, 11) is 0. The maximum absolute atomic E-state index is 13.3. The number of alkyl carbamates (subject to hydrolysis) is 1. The van der Waals surface area contributed by atoms with E-state index in [9.17, 15) is 19.5 Å². The summed E-state index contributed by atoms with van der Waals surface area (Å²) in [5.74, 6) is -3.07. The smallest absolute Gasteiger partial charge is 0.407 e. The van der Waals surface area contributed by atoms with E-state index in [1.165, 1.54) is 0 Å². The molecule has 2 rings (SSSR count). The number of carbonyl (C=O) groups excluding carboxylic acids is 2. The van der Waals surface area contributed by atoms with E-state index in [2.05, 4.69) is 5.32 Å². The first-order chi connectivity index (χ1) is 14.0. The van der Waals surface area contributed by atoms with E-state index in [1.54, 1.807) is 4.90 Å². The molecule has 0 radical (unpaired) electrons. The average Bonchev–Trinajstić information content (AvgIpc) is 2.71. The number of hydrogen-bond donors (Lipinski definition) is 2. The van der Waals surface area contributed by atoms with Crippen LogP contribution in [0.15, 0.2) is 24.3 Å². The Hall–Kier alpha value is -2.57. The highest BCUT2D eigenvalue weighted by molar-refractivity contribution is 6.07. The normalized spacial score (nSPS) is 15.2. The van der Waals surface area contributed by atoms with Crippen molar-refractivity contribution in [3.63, 3.8) is 0 Å². The number of benzene rings is 1. The van der Waals surface area contributed by atoms with Crippen LogP contribution in [0.1, 0.15) is 57.9 Å². The van der Waals surface area contributed by atoms with E-state index in [0.717, 1.165) is 43.4 Å². The summed E-state index contributed by atoms with van der Waals surface area (Å²) in [6.45, 7) is 4.64. The third-order valence-corrected chi connectivity index (χ3v) is 5.17. The minimum absolute atomic E-state index is 0.249. The molecule has 2 atom stereocenters. The highest BCUT2D eigenvalue weighted by Gasteiger charge is 2.40. The number of rotatable bonds is 10. The number of unbranched alkanes of at least 4 members (excludes halogenated alkanes) is 2. The second-order valence-electron chi connectivity index (χ2n) is 7.42. The standard InChI is InChI=1S/C22H32N2O5/c1-3-5-6-12-17(23-22(28)29-15-4-2)19(21(26)27)20(25)24-14-9-11-16-10-7-8-13-18(16)24/h7-8,10,13,17,19H,3-6,9,11-12,14-15H2,1-2H3,(H,23,28)(H,26,27)/t17-,19?/m0/s1. The Bertz CT molecular complexity index is 706. The molecular weight excluding hydrogens is 372 g/mol. The second-order valence-corrected chi connectivity index (χ2v) is 7.42. The van der Waals surface area contributed by atoms with Crippen LogP contribution < -0.4 is 10.2 Å². The van der Waals surface area contributed by atoms with Gasteiger partial charge in [-0.25, -0.2) is 4.79 Å². The van der Waals surface area contributed by atoms with Gasteiger partial charge in [-0.3, -0.25) is 9.59 Å². The lowest BCUT2D eigenvalue weighted by Gasteiger charge is -2.33. The maximum atomic E-state index is 13.3. The fourth-order valence-electron chi connectivity index (χ4n) is 3.70. The molecule has 0 fully saturated rings. The Balaban J connectivity index is 2.25. The summed E-state index contributed by atoms with van der Waals surface area (Å²) < 4.78 is 5.07. The molecule has 0 saturated heterocycles. The first-order valence-corrected chi connectivity index (χ1v) is 10.5. The molecule has 1 heterocycles. The van der Waals surface area contributed by atoms with Crippen molar-refractivity contribution < 1.29 is 24.2 Å². The number of para-hydroxylation sites is 1. The van der Waals surface area contributed by atoms with Crippen LogP contribution in [0.5, 0.6) is 0 Å². The summed E-state index contributed by atoms with van der Waals surface area (Å²) in [4.78, 5) is 39.1. The van der Waals surface area contributed by atoms with Crippen LogP contribution in [0, 0.1) is 5.92 Å². The van der Waals surface area contributed by atoms with Crippen LogP contribution in [-0.2, 0) is 20.7 Å². The maximum Gasteiger partial charge on any atom is 0.407 e. The van der Waals surface area contributed by atoms with Gasteiger partial charge in [-0.1, -0.05) is 51.3 Å². The van der Waals surface area contributed by atoms with Crippen molar-refractivity contribution in [2.45, 2.75) is 64.8 Å². The average molecular weight is 405 g/mol. The number of fused-ring (bicyclic) bond motifs is 1. The molecule has 0 bridgehead atoms. The zero-order valence-corrected chi connectivity index (χ0v) is 17.4. The number of carboxylic acid groups (broad SMARTS) is 1. The van der Waals surface area contributed by atoms with Crippen LogP contribution >= 0.6 is 0 Å². The Morgan fingerprint density at radius 1 is 1.17 bits per heavy atom. The third kappa shape index (κ3) is 6.21. The first kappa shape index (κ1) is 22.7. The van der Waals surface area contributed by atoms with Crippen molar-refractivity contribution in [2.75, 3.05) is 18.1 Å². The van der Waals surface area contributed by atoms with Gasteiger partial charge in [-0.05, 0) is 37.3 Å². The van der Waals surface area contributed by atoms with Gasteiger partial charge in [0.2, 0.25) is 5.91 Å². The van der Waals surface area contributed by atoms with Crippen LogP contribution in [0.3, 0.4) is 0 Å². The zero-order valence-electron chi connectivity index (χ0n) is 17.4. The number of nitrogens with zero attached hydrogens (tertiary/aromatic N) is 1. The SMILES string of the molecule is CCCCC[C@H](NC(=O)OCCC)C(C(=O)O)C(=O)N1CCCc2ccccc21. The van der Waals surface area contributed by atoms with Gasteiger partial charge < -0.3 is 20.1 Å². The Morgan fingerprint density at radius 2 is 1.93 bits per heavy atom. The fraction of sp³-hybridized carbons (Fsp3) is 0.591. The molecule has 1 aromatic carbocycles. The van der Waals surface area contributed by atoms with Crippen molar-refractivity contribution in [1.82, 2.24) is 5.32 Å². The lowest BCUT2D eigenvalue weighted by Crippen LogP contribution is -2.52. The van der Waals surface area contributed by atoms with E-state index in [4.69, 9.17) is 4.74 Å². The van der Waals surface area contributed by atoms with Gasteiger partial charge in [-0.15, -0.1) is 0 Å². The summed E-state index contributed by atoms with van der Waals surface area (Å²) in [5, 5.41) is 12.5. The Kier molecular flexibility index (Phi) is 8.96. The number of hydrogen-bond acceptors (Lipinski definition) is 4. The molecule has 1 unspecified atom stereocenters. The van der Waals surface area contributed by atoms with Gasteiger partial charge in [0.1, 0.15) is 0 Å². The van der Waals surface area contributed by atoms with E-state index >= 15 is 0 Å². The number of ether oxygens (including phenoxy) is 1. The van der Waals surface area contributed by atoms with Gasteiger partial charge in [0.05, 0.1) is 12.6 Å². The Morgan fingerprint density at radius 3 is 2.62 bits per heavy atom. The minimum Gasteiger partial charge on any atom is -0.481 e. The highest BCUT2D eigenvalue weighted by atomic mass is 16.5. The molecule has 7 nitrogen and oxygen atoms in total. The third-order valence-electron chi connectivity index (χ3n) is 5.17. The number of aryl methyl sites for hydroxylation is 1. The highest BCUT2D eigenvalue weighted by Crippen LogP contribution is 2.29. The van der Waals surface area contributed by atoms with Crippen LogP contribution in [-0.4, -0.2) is 42.3 Å². The monoisotopic (exact) mass is 404 g/mol. The topological polar surface area (TPSA) is 95.9 Å². The molecule has 29 heavy (non-hydrogen) atoms. The van der Waals surface area contributed by atoms with Gasteiger partial charge in [-0.2, -0.15) is 0 Å². The lowest BCUT2D eigenvalue weighted by atomic mass is 9.91. The summed E-state index contributed by atoms with van der Waals surface area (Å²) >= 11 is 0. The van der Waals surface area contributed by atoms with Crippen LogP contribution in [0.4, 0.5) is 10.5 Å². The number of aliphatic carboxylic acids is 1. The molecule has 1 aliphatic heterocycles. The predicted octanol–water partition coefficient (Wildman–Crippen LogP) is 3.75. The van der Waals surface area contributed by atoms with Crippen molar-refractivity contribution in [3.05, 3.63) is 29.8 Å². The first-order valence-electron chi connectivity index (χ1n) is 10.5. The minimum atomic E-state index is -1.35. The largest absolute Gasteiger partial charge is 0.481 e. The fourth-order valence-corrected chi connectivity index (χ4v) is 3.70. The summed E-state index contributed by atoms with van der Waals surface area (Å²) in [6, 6.07) is 6.76. The van der Waals surface area contributed by atoms with E-state index in [-0.39, 0.29) is 6.61 Å². The van der Waals surface area contributed by atoms with Gasteiger partial charge >= 0.3 is 12.1 Å². The van der Waals surface area contributed by atoms with E-state index < -0.39 is 29.9 Å². The van der Waals surface area contributed by atoms with E-state index in [1.807, 2.05) is 38.1 Å². The van der Waals surface area contributed by atoms with Gasteiger partial charge in [0.15, 0.2) is 5.92 Å². The number of nitrogens with one attached hydrogen (secondary N) is 1. The molecule has 1 aromatic rings. The van der Waals surface area contributed by atoms with Gasteiger partial charge in [0.25, 0.3) is 0 Å². The van der Waals surface area contributed by atoms with Crippen LogP contribution in [0.25, 0.3) is 0 Å². The predicted molar refractivity (Wildman–Crippen MR) is 111 cm³/mol. The summed E-state index contributed by atoms with van der Waals surface area (Å²) in [6.07, 6.45) is 4.62. The summed E-state index contributed by atoms with van der Waals surface area (Å²) in [5.41, 5.74) is 1.80. The molecule has 2 amide bonds. The van der Waals surface area contributed by atoms with Crippen molar-refractivity contribution >= 4 is 23.7 Å². The molecule has 7 heteroatoms. The molecule has 160 valence electrons. The molecule has 0 saturated carbocycles. The zero-order chi connectivity index (χ0) is 21.2. The molecule has 0 aromatic heterocycles. The number of carbonyl (C=O) groups is 3.